The average Bonchev–Trinajstić information content (AvgIpc) is 2.58. The Morgan fingerprint density at radius 1 is 1.08 bits per heavy atom. The summed E-state index contributed by atoms with van der Waals surface area (Å²) in [4.78, 5) is 28.9. The highest BCUT2D eigenvalue weighted by Gasteiger charge is 2.11. The monoisotopic (exact) mass is 445 g/mol. The summed E-state index contributed by atoms with van der Waals surface area (Å²) in [5.74, 6) is -0.322. The van der Waals surface area contributed by atoms with Crippen LogP contribution in [-0.2, 0) is 11.3 Å². The van der Waals surface area contributed by atoms with E-state index in [9.17, 15) is 9.59 Å². The first-order valence-electron chi connectivity index (χ1n) is 7.76. The van der Waals surface area contributed by atoms with Crippen LogP contribution in [0.4, 0.5) is 0 Å². The van der Waals surface area contributed by atoms with Crippen molar-refractivity contribution >= 4 is 41.8 Å². The number of nitrogens with two attached hydrogens (primary N) is 2. The smallest absolute Gasteiger partial charge is 0.251 e. The fraction of sp³-hybridized carbons (Fsp3) is 0.438. The number of piperidine rings is 1. The molecule has 8 heteroatoms. The molecule has 1 heterocycles. The van der Waals surface area contributed by atoms with E-state index in [0.717, 1.165) is 31.5 Å². The van der Waals surface area contributed by atoms with Crippen molar-refractivity contribution in [2.45, 2.75) is 25.8 Å². The normalized spacial score (nSPS) is 14.7. The maximum atomic E-state index is 11.8. The minimum Gasteiger partial charge on any atom is -0.370 e. The van der Waals surface area contributed by atoms with Crippen LogP contribution in [0.3, 0.4) is 0 Å². The summed E-state index contributed by atoms with van der Waals surface area (Å²) >= 11 is 0. The molecule has 0 saturated carbocycles. The molecule has 1 aliphatic heterocycles. The molecule has 5 N–H and O–H groups in total. The molecule has 1 saturated heterocycles. The zero-order valence-corrected chi connectivity index (χ0v) is 15.9. The standard InChI is InChI=1S/C16H23N5O2.HI/c17-14(22)11-19-15(23)13-6-4-12(5-7-13)10-20-16(18)21-8-2-1-3-9-21;/h4-7H,1-3,8-11H2,(H2,17,22)(H2,18,20)(H,19,23);1H. The van der Waals surface area contributed by atoms with Gasteiger partial charge in [-0.3, -0.25) is 9.59 Å². The Morgan fingerprint density at radius 3 is 2.29 bits per heavy atom. The number of carbonyl (C=O) groups is 2. The first-order chi connectivity index (χ1) is 11.1. The second kappa shape index (κ2) is 10.1. The Kier molecular flexibility index (Phi) is 8.51. The van der Waals surface area contributed by atoms with Gasteiger partial charge in [-0.1, -0.05) is 12.1 Å². The van der Waals surface area contributed by atoms with Gasteiger partial charge in [0.25, 0.3) is 5.91 Å². The molecule has 0 atom stereocenters. The lowest BCUT2D eigenvalue weighted by atomic mass is 10.1. The van der Waals surface area contributed by atoms with Crippen molar-refractivity contribution in [3.8, 4) is 0 Å². The first kappa shape index (κ1) is 20.2. The molecule has 24 heavy (non-hydrogen) atoms. The molecule has 0 bridgehead atoms. The highest BCUT2D eigenvalue weighted by molar-refractivity contribution is 14.0. The molecule has 0 spiro atoms. The number of aliphatic imine (C=N–C) groups is 1. The maximum Gasteiger partial charge on any atom is 0.251 e. The molecular formula is C16H24IN5O2. The number of halogens is 1. The molecule has 1 fully saturated rings. The fourth-order valence-corrected chi connectivity index (χ4v) is 2.43. The number of guanidine groups is 1. The van der Waals surface area contributed by atoms with Gasteiger partial charge < -0.3 is 21.7 Å². The molecule has 132 valence electrons. The largest absolute Gasteiger partial charge is 0.370 e. The molecule has 2 rings (SSSR count). The van der Waals surface area contributed by atoms with Crippen LogP contribution in [0.2, 0.25) is 0 Å². The fourth-order valence-electron chi connectivity index (χ4n) is 2.43. The van der Waals surface area contributed by atoms with Gasteiger partial charge >= 0.3 is 0 Å². The Labute approximate surface area is 158 Å². The number of rotatable bonds is 5. The molecule has 0 aromatic heterocycles. The number of amides is 2. The number of primary amides is 1. The van der Waals surface area contributed by atoms with Gasteiger partial charge in [0.05, 0.1) is 13.1 Å². The second-order valence-corrected chi connectivity index (χ2v) is 5.57. The van der Waals surface area contributed by atoms with Crippen molar-refractivity contribution in [1.29, 1.82) is 0 Å². The predicted molar refractivity (Wildman–Crippen MR) is 104 cm³/mol. The van der Waals surface area contributed by atoms with Gasteiger partial charge in [0.2, 0.25) is 5.91 Å². The zero-order valence-electron chi connectivity index (χ0n) is 13.5. The molecule has 7 nitrogen and oxygen atoms in total. The molecular weight excluding hydrogens is 421 g/mol. The third-order valence-corrected chi connectivity index (χ3v) is 3.74. The summed E-state index contributed by atoms with van der Waals surface area (Å²) in [7, 11) is 0. The van der Waals surface area contributed by atoms with Crippen LogP contribution >= 0.6 is 24.0 Å². The average molecular weight is 445 g/mol. The number of carbonyl (C=O) groups excluding carboxylic acids is 2. The van der Waals surface area contributed by atoms with E-state index in [-0.39, 0.29) is 36.4 Å². The molecule has 0 radical (unpaired) electrons. The lowest BCUT2D eigenvalue weighted by Gasteiger charge is -2.27. The Hall–Kier alpha value is -1.84. The minimum absolute atomic E-state index is 0. The van der Waals surface area contributed by atoms with E-state index < -0.39 is 5.91 Å². The van der Waals surface area contributed by atoms with E-state index in [2.05, 4.69) is 15.2 Å². The Balaban J connectivity index is 0.00000288. The van der Waals surface area contributed by atoms with Crippen molar-refractivity contribution in [1.82, 2.24) is 10.2 Å². The number of hydrogen-bond donors (Lipinski definition) is 3. The highest BCUT2D eigenvalue weighted by Crippen LogP contribution is 2.09. The van der Waals surface area contributed by atoms with Gasteiger partial charge in [0.15, 0.2) is 5.96 Å². The summed E-state index contributed by atoms with van der Waals surface area (Å²) in [6.45, 7) is 2.24. The van der Waals surface area contributed by atoms with Crippen LogP contribution in [0.1, 0.15) is 35.2 Å². The topological polar surface area (TPSA) is 114 Å². The minimum atomic E-state index is -0.572. The number of nitrogens with zero attached hydrogens (tertiary/aromatic N) is 2. The van der Waals surface area contributed by atoms with Crippen LogP contribution in [0.25, 0.3) is 0 Å². The van der Waals surface area contributed by atoms with Gasteiger partial charge in [-0.15, -0.1) is 24.0 Å². The number of nitrogens with one attached hydrogen (secondary N) is 1. The van der Waals surface area contributed by atoms with E-state index >= 15 is 0 Å². The summed E-state index contributed by atoms with van der Waals surface area (Å²) in [6, 6.07) is 7.04. The van der Waals surface area contributed by atoms with E-state index in [1.807, 2.05) is 12.1 Å². The van der Waals surface area contributed by atoms with Crippen LogP contribution in [0.15, 0.2) is 29.3 Å². The number of hydrogen-bond acceptors (Lipinski definition) is 3. The van der Waals surface area contributed by atoms with Gasteiger partial charge in [-0.05, 0) is 37.0 Å². The van der Waals surface area contributed by atoms with Crippen LogP contribution < -0.4 is 16.8 Å². The lowest BCUT2D eigenvalue weighted by Crippen LogP contribution is -2.40. The summed E-state index contributed by atoms with van der Waals surface area (Å²) in [5.41, 5.74) is 12.4. The van der Waals surface area contributed by atoms with Crippen molar-refractivity contribution in [3.05, 3.63) is 35.4 Å². The van der Waals surface area contributed by atoms with Crippen LogP contribution in [-0.4, -0.2) is 42.3 Å². The van der Waals surface area contributed by atoms with Crippen molar-refractivity contribution < 1.29 is 9.59 Å². The molecule has 1 aromatic carbocycles. The number of likely N-dealkylation sites (tertiary alicyclic amines) is 1. The summed E-state index contributed by atoms with van der Waals surface area (Å²) in [5, 5.41) is 2.44. The molecule has 1 aromatic rings. The van der Waals surface area contributed by atoms with Crippen LogP contribution in [0, 0.1) is 0 Å². The molecule has 1 aliphatic rings. The third-order valence-electron chi connectivity index (χ3n) is 3.74. The predicted octanol–water partition coefficient (Wildman–Crippen LogP) is 0.820. The summed E-state index contributed by atoms with van der Waals surface area (Å²) < 4.78 is 0. The summed E-state index contributed by atoms with van der Waals surface area (Å²) in [6.07, 6.45) is 3.57. The molecule has 0 unspecified atom stereocenters. The van der Waals surface area contributed by atoms with E-state index in [1.165, 1.54) is 6.42 Å². The SMILES string of the molecule is I.NC(=O)CNC(=O)c1ccc(CN=C(N)N2CCCCC2)cc1. The Morgan fingerprint density at radius 2 is 1.71 bits per heavy atom. The maximum absolute atomic E-state index is 11.8. The van der Waals surface area contributed by atoms with E-state index in [4.69, 9.17) is 11.5 Å². The zero-order chi connectivity index (χ0) is 16.7. The van der Waals surface area contributed by atoms with Gasteiger partial charge in [-0.2, -0.15) is 0 Å². The van der Waals surface area contributed by atoms with Crippen molar-refractivity contribution in [3.63, 3.8) is 0 Å². The Bertz CT molecular complexity index is 583. The molecule has 2 amide bonds. The van der Waals surface area contributed by atoms with E-state index in [1.54, 1.807) is 12.1 Å². The van der Waals surface area contributed by atoms with Crippen LogP contribution in [0.5, 0.6) is 0 Å². The van der Waals surface area contributed by atoms with E-state index in [0.29, 0.717) is 18.1 Å². The molecule has 0 aliphatic carbocycles. The second-order valence-electron chi connectivity index (χ2n) is 5.57. The third kappa shape index (κ3) is 6.34. The first-order valence-corrected chi connectivity index (χ1v) is 7.76. The van der Waals surface area contributed by atoms with Gasteiger partial charge in [0.1, 0.15) is 0 Å². The van der Waals surface area contributed by atoms with Gasteiger partial charge in [-0.25, -0.2) is 4.99 Å². The van der Waals surface area contributed by atoms with Crippen molar-refractivity contribution in [2.24, 2.45) is 16.5 Å². The van der Waals surface area contributed by atoms with Gasteiger partial charge in [0, 0.05) is 18.7 Å². The quantitative estimate of drug-likeness (QED) is 0.354. The lowest BCUT2D eigenvalue weighted by molar-refractivity contribution is -0.117. The highest BCUT2D eigenvalue weighted by atomic mass is 127. The number of benzene rings is 1. The van der Waals surface area contributed by atoms with Crippen molar-refractivity contribution in [2.75, 3.05) is 19.6 Å².